The number of hydrogen-bond donors (Lipinski definition) is 2. The number of amides is 2. The number of anilines is 1. The second-order valence-corrected chi connectivity index (χ2v) is 13.2. The summed E-state index contributed by atoms with van der Waals surface area (Å²) >= 11 is 0. The molecule has 2 aromatic carbocycles. The summed E-state index contributed by atoms with van der Waals surface area (Å²) in [7, 11) is -0.555. The van der Waals surface area contributed by atoms with Crippen molar-refractivity contribution in [3.8, 4) is 0 Å². The van der Waals surface area contributed by atoms with Gasteiger partial charge in [-0.15, -0.1) is 0 Å². The Balaban J connectivity index is 2.32. The lowest BCUT2D eigenvalue weighted by Crippen LogP contribution is -2.41. The zero-order chi connectivity index (χ0) is 23.9. The largest absolute Gasteiger partial charge is 0.445 e. The number of ether oxygens (including phenoxy) is 2. The Labute approximate surface area is 187 Å². The zero-order valence-corrected chi connectivity index (χ0v) is 19.6. The normalized spacial score (nSPS) is 12.1. The lowest BCUT2D eigenvalue weighted by molar-refractivity contribution is -0.118. The Kier molecular flexibility index (Phi) is 8.68. The molecular weight excluding hydrogens is 434 g/mol. The van der Waals surface area contributed by atoms with Crippen molar-refractivity contribution in [1.29, 1.82) is 0 Å². The highest BCUT2D eigenvalue weighted by Gasteiger charge is 2.27. The average molecular weight is 463 g/mol. The highest BCUT2D eigenvalue weighted by atomic mass is 28.3. The minimum Gasteiger partial charge on any atom is -0.445 e. The van der Waals surface area contributed by atoms with Gasteiger partial charge in [-0.25, -0.2) is 13.6 Å². The van der Waals surface area contributed by atoms with Crippen molar-refractivity contribution in [3.63, 3.8) is 0 Å². The van der Waals surface area contributed by atoms with Gasteiger partial charge < -0.3 is 20.1 Å². The summed E-state index contributed by atoms with van der Waals surface area (Å²) < 4.78 is 39.2. The van der Waals surface area contributed by atoms with E-state index < -0.39 is 37.8 Å². The SMILES string of the molecule is C=CCOC(=O)NC(C(=O)Nc1cc(F)c([Si](C)(C)C)cc1F)c1ccc(COC)cc1. The number of hydrogen-bond acceptors (Lipinski definition) is 4. The predicted octanol–water partition coefficient (Wildman–Crippen LogP) is 4.25. The smallest absolute Gasteiger partial charge is 0.408 e. The second-order valence-electron chi connectivity index (χ2n) is 8.19. The number of carbonyl (C=O) groups is 2. The average Bonchev–Trinajstić information content (AvgIpc) is 2.73. The summed E-state index contributed by atoms with van der Waals surface area (Å²) in [5.74, 6) is -2.08. The molecule has 0 radical (unpaired) electrons. The van der Waals surface area contributed by atoms with Gasteiger partial charge in [0.1, 0.15) is 24.3 Å². The molecule has 9 heteroatoms. The molecule has 0 spiro atoms. The van der Waals surface area contributed by atoms with Gasteiger partial charge in [0, 0.05) is 13.2 Å². The monoisotopic (exact) mass is 462 g/mol. The molecule has 2 aromatic rings. The van der Waals surface area contributed by atoms with Crippen LogP contribution in [0.15, 0.2) is 49.1 Å². The van der Waals surface area contributed by atoms with Crippen LogP contribution in [0, 0.1) is 11.6 Å². The van der Waals surface area contributed by atoms with E-state index >= 15 is 0 Å². The van der Waals surface area contributed by atoms with Crippen LogP contribution in [-0.4, -0.2) is 33.8 Å². The van der Waals surface area contributed by atoms with Crippen LogP contribution in [0.25, 0.3) is 0 Å². The summed E-state index contributed by atoms with van der Waals surface area (Å²) in [5, 5.41) is 5.15. The first-order valence-corrected chi connectivity index (χ1v) is 13.5. The first-order valence-electron chi connectivity index (χ1n) is 9.99. The third-order valence-corrected chi connectivity index (χ3v) is 6.60. The quantitative estimate of drug-likeness (QED) is 0.432. The second kappa shape index (κ2) is 11.0. The minimum absolute atomic E-state index is 0.0507. The van der Waals surface area contributed by atoms with Crippen molar-refractivity contribution < 1.29 is 27.8 Å². The van der Waals surface area contributed by atoms with Gasteiger partial charge in [-0.3, -0.25) is 4.79 Å². The Hall–Kier alpha value is -3.04. The highest BCUT2D eigenvalue weighted by Crippen LogP contribution is 2.21. The van der Waals surface area contributed by atoms with E-state index in [4.69, 9.17) is 9.47 Å². The van der Waals surface area contributed by atoms with Gasteiger partial charge in [0.05, 0.1) is 20.4 Å². The van der Waals surface area contributed by atoms with E-state index in [9.17, 15) is 18.4 Å². The van der Waals surface area contributed by atoms with Gasteiger partial charge >= 0.3 is 6.09 Å². The van der Waals surface area contributed by atoms with Crippen LogP contribution < -0.4 is 15.8 Å². The van der Waals surface area contributed by atoms with Gasteiger partial charge in [0.15, 0.2) is 0 Å². The van der Waals surface area contributed by atoms with Gasteiger partial charge in [0.25, 0.3) is 5.91 Å². The van der Waals surface area contributed by atoms with E-state index in [2.05, 4.69) is 17.2 Å². The molecule has 0 saturated heterocycles. The molecule has 6 nitrogen and oxygen atoms in total. The van der Waals surface area contributed by atoms with Crippen LogP contribution in [0.2, 0.25) is 19.6 Å². The molecular formula is C23H28F2N2O4Si. The third-order valence-electron chi connectivity index (χ3n) is 4.60. The van der Waals surface area contributed by atoms with Gasteiger partial charge in [0.2, 0.25) is 0 Å². The van der Waals surface area contributed by atoms with Crippen LogP contribution in [0.5, 0.6) is 0 Å². The molecule has 1 unspecified atom stereocenters. The molecule has 2 amide bonds. The molecule has 0 bridgehead atoms. The maximum Gasteiger partial charge on any atom is 0.408 e. The van der Waals surface area contributed by atoms with E-state index in [-0.39, 0.29) is 12.3 Å². The molecule has 0 heterocycles. The Morgan fingerprint density at radius 2 is 1.78 bits per heavy atom. The summed E-state index contributed by atoms with van der Waals surface area (Å²) in [4.78, 5) is 25.0. The summed E-state index contributed by atoms with van der Waals surface area (Å²) in [6.07, 6.45) is 0.527. The van der Waals surface area contributed by atoms with E-state index in [1.807, 2.05) is 19.6 Å². The van der Waals surface area contributed by atoms with Crippen LogP contribution in [0.3, 0.4) is 0 Å². The van der Waals surface area contributed by atoms with Crippen molar-refractivity contribution in [2.75, 3.05) is 19.0 Å². The van der Waals surface area contributed by atoms with Gasteiger partial charge in [-0.1, -0.05) is 56.6 Å². The lowest BCUT2D eigenvalue weighted by Gasteiger charge is -2.21. The fourth-order valence-corrected chi connectivity index (χ4v) is 4.34. The maximum atomic E-state index is 14.7. The fraction of sp³-hybridized carbons (Fsp3) is 0.304. The molecule has 2 N–H and O–H groups in total. The summed E-state index contributed by atoms with van der Waals surface area (Å²) in [6.45, 7) is 9.47. The van der Waals surface area contributed by atoms with Crippen LogP contribution in [0.1, 0.15) is 17.2 Å². The molecule has 0 fully saturated rings. The first kappa shape index (κ1) is 25.2. The topological polar surface area (TPSA) is 76.7 Å². The number of benzene rings is 2. The summed E-state index contributed by atoms with van der Waals surface area (Å²) in [5.41, 5.74) is 0.981. The van der Waals surface area contributed by atoms with Crippen molar-refractivity contribution in [1.82, 2.24) is 5.32 Å². The van der Waals surface area contributed by atoms with Crippen molar-refractivity contribution in [3.05, 3.63) is 71.8 Å². The third kappa shape index (κ3) is 6.73. The van der Waals surface area contributed by atoms with Crippen molar-refractivity contribution >= 4 is 30.9 Å². The molecule has 0 aliphatic rings. The number of alkyl carbamates (subject to hydrolysis) is 1. The van der Waals surface area contributed by atoms with Crippen molar-refractivity contribution in [2.24, 2.45) is 0 Å². The lowest BCUT2D eigenvalue weighted by atomic mass is 10.0. The zero-order valence-electron chi connectivity index (χ0n) is 18.6. The number of carbonyl (C=O) groups excluding carboxylic acids is 2. The van der Waals surface area contributed by atoms with Crippen LogP contribution in [-0.2, 0) is 20.9 Å². The number of methoxy groups -OCH3 is 1. The molecule has 0 saturated carbocycles. The molecule has 0 aromatic heterocycles. The number of rotatable bonds is 9. The first-order chi connectivity index (χ1) is 15.1. The van der Waals surface area contributed by atoms with E-state index in [1.165, 1.54) is 6.08 Å². The molecule has 1 atom stereocenters. The predicted molar refractivity (Wildman–Crippen MR) is 123 cm³/mol. The van der Waals surface area contributed by atoms with Crippen LogP contribution >= 0.6 is 0 Å². The summed E-state index contributed by atoms with van der Waals surface area (Å²) in [6, 6.07) is 7.63. The molecule has 2 rings (SSSR count). The fourth-order valence-electron chi connectivity index (χ4n) is 2.99. The van der Waals surface area contributed by atoms with Gasteiger partial charge in [-0.05, 0) is 22.4 Å². The minimum atomic E-state index is -2.11. The van der Waals surface area contributed by atoms with Crippen LogP contribution in [0.4, 0.5) is 19.3 Å². The Bertz CT molecular complexity index is 975. The molecule has 0 aliphatic heterocycles. The standard InChI is InChI=1S/C23H28F2N2O4Si/c1-6-11-31-23(29)27-21(16-9-7-15(8-10-16)14-30-2)22(28)26-19-12-18(25)20(13-17(19)24)32(3,4)5/h6-10,12-13,21H,1,11,14H2,2-5H3,(H,26,28)(H,27,29). The molecule has 32 heavy (non-hydrogen) atoms. The number of halogens is 2. The Morgan fingerprint density at radius 1 is 1.12 bits per heavy atom. The van der Waals surface area contributed by atoms with Crippen molar-refractivity contribution in [2.45, 2.75) is 32.3 Å². The maximum absolute atomic E-state index is 14.7. The van der Waals surface area contributed by atoms with Gasteiger partial charge in [-0.2, -0.15) is 0 Å². The molecule has 172 valence electrons. The van der Waals surface area contributed by atoms with E-state index in [0.29, 0.717) is 17.4 Å². The van der Waals surface area contributed by atoms with E-state index in [1.54, 1.807) is 31.4 Å². The Morgan fingerprint density at radius 3 is 2.34 bits per heavy atom. The highest BCUT2D eigenvalue weighted by molar-refractivity contribution is 6.88. The van der Waals surface area contributed by atoms with E-state index in [0.717, 1.165) is 17.7 Å². The number of nitrogens with one attached hydrogen (secondary N) is 2. The molecule has 0 aliphatic carbocycles.